The Hall–Kier alpha value is -3.14. The first-order chi connectivity index (χ1) is 13.5. The third kappa shape index (κ3) is 4.39. The maximum atomic E-state index is 12.8. The van der Waals surface area contributed by atoms with E-state index in [1.807, 2.05) is 4.57 Å². The summed E-state index contributed by atoms with van der Waals surface area (Å²) in [4.78, 5) is 29.8. The summed E-state index contributed by atoms with van der Waals surface area (Å²) in [7, 11) is 0. The van der Waals surface area contributed by atoms with E-state index in [0.717, 1.165) is 25.0 Å². The molecule has 0 saturated carbocycles. The van der Waals surface area contributed by atoms with Gasteiger partial charge in [-0.25, -0.2) is 4.98 Å². The number of fused-ring (bicyclic) bond motifs is 1. The molecule has 0 spiro atoms. The van der Waals surface area contributed by atoms with E-state index in [-0.39, 0.29) is 17.5 Å². The van der Waals surface area contributed by atoms with E-state index in [1.54, 1.807) is 24.3 Å². The van der Waals surface area contributed by atoms with Crippen LogP contribution in [0.1, 0.15) is 65.5 Å². The van der Waals surface area contributed by atoms with E-state index in [2.05, 4.69) is 35.5 Å². The van der Waals surface area contributed by atoms with Gasteiger partial charge in [0.2, 0.25) is 0 Å². The molecule has 3 rings (SSSR count). The fraction of sp³-hybridized carbons (Fsp3) is 0.429. The zero-order valence-corrected chi connectivity index (χ0v) is 16.3. The lowest BCUT2D eigenvalue weighted by Crippen LogP contribution is -2.29. The van der Waals surface area contributed by atoms with Crippen LogP contribution in [-0.2, 0) is 13.0 Å². The quantitative estimate of drug-likeness (QED) is 0.805. The van der Waals surface area contributed by atoms with Crippen molar-refractivity contribution < 1.29 is 9.59 Å². The van der Waals surface area contributed by atoms with E-state index in [9.17, 15) is 9.59 Å². The fourth-order valence-electron chi connectivity index (χ4n) is 3.31. The van der Waals surface area contributed by atoms with Crippen molar-refractivity contribution in [2.24, 2.45) is 5.92 Å². The van der Waals surface area contributed by atoms with E-state index in [0.29, 0.717) is 42.5 Å². The highest BCUT2D eigenvalue weighted by atomic mass is 16.2. The zero-order chi connectivity index (χ0) is 20.1. The van der Waals surface area contributed by atoms with Crippen molar-refractivity contribution in [1.82, 2.24) is 14.9 Å². The van der Waals surface area contributed by atoms with Crippen molar-refractivity contribution in [1.29, 1.82) is 5.26 Å². The molecular formula is C21H25N5O2. The van der Waals surface area contributed by atoms with Crippen molar-refractivity contribution in [3.05, 3.63) is 47.0 Å². The molecule has 0 bridgehead atoms. The van der Waals surface area contributed by atoms with Gasteiger partial charge < -0.3 is 15.2 Å². The molecule has 7 heteroatoms. The van der Waals surface area contributed by atoms with E-state index < -0.39 is 0 Å². The highest BCUT2D eigenvalue weighted by Crippen LogP contribution is 2.22. The molecule has 146 valence electrons. The Morgan fingerprint density at radius 1 is 1.29 bits per heavy atom. The second kappa shape index (κ2) is 8.70. The topological polar surface area (TPSA) is 99.8 Å². The third-order valence-electron chi connectivity index (χ3n) is 4.79. The van der Waals surface area contributed by atoms with Crippen LogP contribution in [-0.4, -0.2) is 27.9 Å². The minimum atomic E-state index is -0.359. The number of aromatic nitrogens is 2. The van der Waals surface area contributed by atoms with E-state index in [1.165, 1.54) is 0 Å². The smallest absolute Gasteiger partial charge is 0.287 e. The number of benzene rings is 1. The highest BCUT2D eigenvalue weighted by Gasteiger charge is 2.27. The Bertz CT molecular complexity index is 923. The molecule has 1 aliphatic rings. The number of nitrogens with zero attached hydrogens (tertiary/aromatic N) is 3. The van der Waals surface area contributed by atoms with Gasteiger partial charge in [-0.2, -0.15) is 5.26 Å². The van der Waals surface area contributed by atoms with Crippen LogP contribution >= 0.6 is 0 Å². The summed E-state index contributed by atoms with van der Waals surface area (Å²) in [5.41, 5.74) is 2.09. The predicted octanol–water partition coefficient (Wildman–Crippen LogP) is 3.12. The molecule has 1 aliphatic heterocycles. The molecule has 7 nitrogen and oxygen atoms in total. The molecule has 0 fully saturated rings. The maximum absolute atomic E-state index is 12.8. The van der Waals surface area contributed by atoms with Gasteiger partial charge in [0.25, 0.3) is 11.8 Å². The molecule has 1 aromatic carbocycles. The van der Waals surface area contributed by atoms with Gasteiger partial charge in [0, 0.05) is 18.8 Å². The number of nitriles is 1. The summed E-state index contributed by atoms with van der Waals surface area (Å²) in [6, 6.07) is 8.77. The van der Waals surface area contributed by atoms with E-state index in [4.69, 9.17) is 5.26 Å². The van der Waals surface area contributed by atoms with Crippen LogP contribution in [0, 0.1) is 17.2 Å². The molecule has 0 aliphatic carbocycles. The molecule has 2 N–H and O–H groups in total. The zero-order valence-electron chi connectivity index (χ0n) is 16.3. The minimum absolute atomic E-state index is 0.241. The standard InChI is InChI=1S/C21H25N5O2/c1-14(2)9-10-23-21(28)19-25-18(17-8-3-4-11-26(17)19)20(27)24-16-7-5-6-15(12-16)13-22/h5-7,12,14H,3-4,8-11H2,1-2H3,(H,23,28)(H,24,27). The van der Waals surface area contributed by atoms with Gasteiger partial charge >= 0.3 is 0 Å². The summed E-state index contributed by atoms with van der Waals surface area (Å²) < 4.78 is 1.87. The van der Waals surface area contributed by atoms with Crippen LogP contribution in [0.5, 0.6) is 0 Å². The Morgan fingerprint density at radius 2 is 2.11 bits per heavy atom. The normalized spacial score (nSPS) is 12.9. The molecule has 2 amide bonds. The Balaban J connectivity index is 1.82. The van der Waals surface area contributed by atoms with E-state index >= 15 is 0 Å². The molecule has 0 unspecified atom stereocenters. The monoisotopic (exact) mass is 379 g/mol. The number of imidazole rings is 1. The molecular weight excluding hydrogens is 354 g/mol. The lowest BCUT2D eigenvalue weighted by atomic mass is 10.1. The maximum Gasteiger partial charge on any atom is 0.287 e. The molecule has 2 aromatic rings. The second-order valence-corrected chi connectivity index (χ2v) is 7.42. The summed E-state index contributed by atoms with van der Waals surface area (Å²) in [6.45, 7) is 5.48. The number of carbonyl (C=O) groups excluding carboxylic acids is 2. The SMILES string of the molecule is CC(C)CCNC(=O)c1nc(C(=O)Nc2cccc(C#N)c2)c2n1CCCC2. The van der Waals surface area contributed by atoms with Crippen LogP contribution < -0.4 is 10.6 Å². The number of nitrogens with one attached hydrogen (secondary N) is 2. The van der Waals surface area contributed by atoms with Crippen LogP contribution in [0.2, 0.25) is 0 Å². The number of hydrogen-bond donors (Lipinski definition) is 2. The molecule has 0 radical (unpaired) electrons. The lowest BCUT2D eigenvalue weighted by molar-refractivity contribution is 0.0936. The number of carbonyl (C=O) groups is 2. The van der Waals surface area contributed by atoms with Crippen molar-refractivity contribution in [2.75, 3.05) is 11.9 Å². The van der Waals surface area contributed by atoms with Gasteiger partial charge in [-0.3, -0.25) is 9.59 Å². The number of rotatable bonds is 6. The first-order valence-electron chi connectivity index (χ1n) is 9.68. The molecule has 1 aromatic heterocycles. The Labute approximate surface area is 164 Å². The molecule has 0 atom stereocenters. The average Bonchev–Trinajstić information content (AvgIpc) is 3.08. The van der Waals surface area contributed by atoms with Gasteiger partial charge in [0.15, 0.2) is 11.5 Å². The first-order valence-corrected chi connectivity index (χ1v) is 9.68. The predicted molar refractivity (Wildman–Crippen MR) is 106 cm³/mol. The third-order valence-corrected chi connectivity index (χ3v) is 4.79. The van der Waals surface area contributed by atoms with Gasteiger partial charge in [-0.1, -0.05) is 19.9 Å². The summed E-state index contributed by atoms with van der Waals surface area (Å²) in [6.07, 6.45) is 3.53. The van der Waals surface area contributed by atoms with Gasteiger partial charge in [0.1, 0.15) is 0 Å². The summed E-state index contributed by atoms with van der Waals surface area (Å²) >= 11 is 0. The Morgan fingerprint density at radius 3 is 2.86 bits per heavy atom. The average molecular weight is 379 g/mol. The van der Waals surface area contributed by atoms with Crippen molar-refractivity contribution in [2.45, 2.75) is 46.1 Å². The van der Waals surface area contributed by atoms with Crippen LogP contribution in [0.15, 0.2) is 24.3 Å². The summed E-state index contributed by atoms with van der Waals surface area (Å²) in [5, 5.41) is 14.7. The number of amides is 2. The van der Waals surface area contributed by atoms with Gasteiger partial charge in [-0.15, -0.1) is 0 Å². The van der Waals surface area contributed by atoms with Crippen LogP contribution in [0.3, 0.4) is 0 Å². The Kier molecular flexibility index (Phi) is 6.09. The number of anilines is 1. The van der Waals surface area contributed by atoms with Crippen molar-refractivity contribution >= 4 is 17.5 Å². The largest absolute Gasteiger partial charge is 0.349 e. The van der Waals surface area contributed by atoms with Crippen LogP contribution in [0.4, 0.5) is 5.69 Å². The summed E-state index contributed by atoms with van der Waals surface area (Å²) in [5.74, 6) is 0.200. The molecule has 2 heterocycles. The van der Waals surface area contributed by atoms with Crippen molar-refractivity contribution in [3.63, 3.8) is 0 Å². The molecule has 0 saturated heterocycles. The second-order valence-electron chi connectivity index (χ2n) is 7.42. The van der Waals surface area contributed by atoms with Gasteiger partial charge in [0.05, 0.1) is 17.3 Å². The highest BCUT2D eigenvalue weighted by molar-refractivity contribution is 6.05. The fourth-order valence-corrected chi connectivity index (χ4v) is 3.31. The first kappa shape index (κ1) is 19.6. The molecule has 28 heavy (non-hydrogen) atoms. The number of hydrogen-bond acceptors (Lipinski definition) is 4. The van der Waals surface area contributed by atoms with Crippen molar-refractivity contribution in [3.8, 4) is 6.07 Å². The minimum Gasteiger partial charge on any atom is -0.349 e. The lowest BCUT2D eigenvalue weighted by Gasteiger charge is -2.17. The van der Waals surface area contributed by atoms with Gasteiger partial charge in [-0.05, 0) is 49.8 Å². The van der Waals surface area contributed by atoms with Crippen LogP contribution in [0.25, 0.3) is 0 Å².